The molecule has 0 saturated heterocycles. The van der Waals surface area contributed by atoms with Gasteiger partial charge in [-0.3, -0.25) is 4.79 Å². The van der Waals surface area contributed by atoms with Crippen molar-refractivity contribution in [1.82, 2.24) is 4.98 Å². The Labute approximate surface area is 160 Å². The van der Waals surface area contributed by atoms with Gasteiger partial charge in [0.15, 0.2) is 0 Å². The van der Waals surface area contributed by atoms with Crippen LogP contribution in [0.1, 0.15) is 50.4 Å². The lowest BCUT2D eigenvalue weighted by molar-refractivity contribution is 0.442. The highest BCUT2D eigenvalue weighted by molar-refractivity contribution is 7.98. The van der Waals surface area contributed by atoms with Crippen molar-refractivity contribution in [3.05, 3.63) is 63.6 Å². The summed E-state index contributed by atoms with van der Waals surface area (Å²) in [5.74, 6) is 1.49. The molecule has 0 spiro atoms. The van der Waals surface area contributed by atoms with Crippen molar-refractivity contribution in [2.45, 2.75) is 49.3 Å². The standard InChI is InChI=1S/C21H25NOS.2H2O.H2/c1-14-7-12-19(22-20(14)23)21(13-18(21)15-5-3-4-6-15)16-8-10-17(24-2)11-9-16;;;/h7-12,15,18H,3-6,13H2,1-2H3,(H,22,23);2*1H2;1H/t18-,21+;;;/m0.../s1. The number of benzene rings is 1. The molecule has 2 fully saturated rings. The summed E-state index contributed by atoms with van der Waals surface area (Å²) >= 11 is 1.78. The first-order chi connectivity index (χ1) is 11.6. The van der Waals surface area contributed by atoms with Crippen molar-refractivity contribution in [1.29, 1.82) is 0 Å². The van der Waals surface area contributed by atoms with Gasteiger partial charge in [0.05, 0.1) is 0 Å². The molecule has 5 heteroatoms. The smallest absolute Gasteiger partial charge is 0.251 e. The van der Waals surface area contributed by atoms with E-state index in [2.05, 4.69) is 41.6 Å². The third kappa shape index (κ3) is 3.36. The quantitative estimate of drug-likeness (QED) is 0.825. The lowest BCUT2D eigenvalue weighted by Crippen LogP contribution is -2.22. The van der Waals surface area contributed by atoms with E-state index >= 15 is 0 Å². The summed E-state index contributed by atoms with van der Waals surface area (Å²) in [6.45, 7) is 1.88. The Morgan fingerprint density at radius 1 is 1.08 bits per heavy atom. The van der Waals surface area contributed by atoms with Crippen LogP contribution in [0.25, 0.3) is 0 Å². The Hall–Kier alpha value is -1.56. The predicted octanol–water partition coefficient (Wildman–Crippen LogP) is 3.50. The van der Waals surface area contributed by atoms with Crippen LogP contribution in [-0.2, 0) is 5.41 Å². The van der Waals surface area contributed by atoms with Crippen molar-refractivity contribution in [3.8, 4) is 0 Å². The van der Waals surface area contributed by atoms with Gasteiger partial charge in [-0.25, -0.2) is 0 Å². The van der Waals surface area contributed by atoms with Gasteiger partial charge in [0.1, 0.15) is 0 Å². The fourth-order valence-electron chi connectivity index (χ4n) is 4.71. The van der Waals surface area contributed by atoms with Crippen LogP contribution >= 0.6 is 11.8 Å². The minimum absolute atomic E-state index is 0. The Morgan fingerprint density at radius 2 is 1.73 bits per heavy atom. The lowest BCUT2D eigenvalue weighted by Gasteiger charge is -2.22. The fraction of sp³-hybridized carbons (Fsp3) is 0.476. The summed E-state index contributed by atoms with van der Waals surface area (Å²) in [4.78, 5) is 16.7. The average Bonchev–Trinajstić information content (AvgIpc) is 3.13. The molecule has 1 heterocycles. The Bertz CT molecular complexity index is 802. The SMILES string of the molecule is CSc1ccc([C@]2(c3ccc(C)c(=O)[nH]3)C[C@H]2C2CCCC2)cc1.O.O.[HH]. The maximum Gasteiger partial charge on any atom is 0.251 e. The fourth-order valence-corrected chi connectivity index (χ4v) is 5.12. The molecule has 4 rings (SSSR count). The van der Waals surface area contributed by atoms with Crippen molar-refractivity contribution >= 4 is 11.8 Å². The van der Waals surface area contributed by atoms with Gasteiger partial charge >= 0.3 is 0 Å². The molecule has 1 aromatic heterocycles. The van der Waals surface area contributed by atoms with E-state index in [0.29, 0.717) is 5.92 Å². The minimum atomic E-state index is 0. The number of aryl methyl sites for hydroxylation is 1. The highest BCUT2D eigenvalue weighted by Crippen LogP contribution is 2.63. The molecule has 0 bridgehead atoms. The zero-order valence-electron chi connectivity index (χ0n) is 15.5. The van der Waals surface area contributed by atoms with Gasteiger partial charge in [-0.2, -0.15) is 0 Å². The summed E-state index contributed by atoms with van der Waals surface area (Å²) in [5.41, 5.74) is 3.37. The highest BCUT2D eigenvalue weighted by atomic mass is 32.2. The van der Waals surface area contributed by atoms with E-state index in [1.54, 1.807) is 11.8 Å². The minimum Gasteiger partial charge on any atom is -0.412 e. The van der Waals surface area contributed by atoms with Crippen LogP contribution in [0.5, 0.6) is 0 Å². The first-order valence-electron chi connectivity index (χ1n) is 9.00. The normalized spacial score (nSPS) is 24.6. The first kappa shape index (κ1) is 20.7. The number of aromatic nitrogens is 1. The molecular formula is C21H31NO3S. The molecule has 2 aliphatic carbocycles. The number of pyridine rings is 1. The maximum absolute atomic E-state index is 12.2. The van der Waals surface area contributed by atoms with Gasteiger partial charge < -0.3 is 15.9 Å². The van der Waals surface area contributed by atoms with Crippen molar-refractivity contribution in [2.75, 3.05) is 6.26 Å². The van der Waals surface area contributed by atoms with E-state index in [-0.39, 0.29) is 23.4 Å². The molecule has 5 N–H and O–H groups in total. The van der Waals surface area contributed by atoms with Gasteiger partial charge in [0.25, 0.3) is 5.56 Å². The summed E-state index contributed by atoms with van der Waals surface area (Å²) < 4.78 is 0. The van der Waals surface area contributed by atoms with Crippen LogP contribution in [0.4, 0.5) is 0 Å². The second kappa shape index (κ2) is 7.99. The number of nitrogens with one attached hydrogen (secondary N) is 1. The van der Waals surface area contributed by atoms with Crippen molar-refractivity contribution in [2.24, 2.45) is 11.8 Å². The molecule has 2 aliphatic rings. The van der Waals surface area contributed by atoms with Gasteiger partial charge in [0, 0.05) is 23.0 Å². The molecule has 2 saturated carbocycles. The third-order valence-corrected chi connectivity index (χ3v) is 6.92. The number of H-pyrrole nitrogens is 1. The summed E-state index contributed by atoms with van der Waals surface area (Å²) in [6, 6.07) is 13.1. The molecular weight excluding hydrogens is 346 g/mol. The second-order valence-electron chi connectivity index (χ2n) is 7.44. The van der Waals surface area contributed by atoms with Gasteiger partial charge in [-0.05, 0) is 55.2 Å². The lowest BCUT2D eigenvalue weighted by atomic mass is 9.84. The number of hydrogen-bond donors (Lipinski definition) is 1. The van der Waals surface area contributed by atoms with Gasteiger partial charge in [0.2, 0.25) is 0 Å². The summed E-state index contributed by atoms with van der Waals surface area (Å²) in [5, 5.41) is 0. The molecule has 2 atom stereocenters. The Morgan fingerprint density at radius 3 is 2.31 bits per heavy atom. The van der Waals surface area contributed by atoms with Gasteiger partial charge in [-0.1, -0.05) is 43.9 Å². The van der Waals surface area contributed by atoms with Crippen LogP contribution in [0.3, 0.4) is 0 Å². The van der Waals surface area contributed by atoms with E-state index in [0.717, 1.165) is 17.2 Å². The zero-order valence-corrected chi connectivity index (χ0v) is 16.3. The molecule has 26 heavy (non-hydrogen) atoms. The largest absolute Gasteiger partial charge is 0.412 e. The van der Waals surface area contributed by atoms with E-state index in [4.69, 9.17) is 0 Å². The monoisotopic (exact) mass is 377 g/mol. The molecule has 0 amide bonds. The molecule has 0 unspecified atom stereocenters. The summed E-state index contributed by atoms with van der Waals surface area (Å²) in [7, 11) is 0. The topological polar surface area (TPSA) is 95.9 Å². The predicted molar refractivity (Wildman–Crippen MR) is 110 cm³/mol. The Kier molecular flexibility index (Phi) is 6.37. The molecule has 1 aromatic carbocycles. The van der Waals surface area contributed by atoms with Crippen LogP contribution in [0.15, 0.2) is 46.1 Å². The van der Waals surface area contributed by atoms with Crippen LogP contribution in [0.2, 0.25) is 0 Å². The summed E-state index contributed by atoms with van der Waals surface area (Å²) in [6.07, 6.45) is 8.73. The van der Waals surface area contributed by atoms with E-state index < -0.39 is 0 Å². The van der Waals surface area contributed by atoms with Crippen LogP contribution < -0.4 is 5.56 Å². The number of rotatable bonds is 4. The number of aromatic amines is 1. The van der Waals surface area contributed by atoms with Crippen LogP contribution in [0, 0.1) is 18.8 Å². The maximum atomic E-state index is 12.2. The Balaban J connectivity index is 0.00000121. The van der Waals surface area contributed by atoms with Crippen molar-refractivity contribution in [3.63, 3.8) is 0 Å². The number of thioether (sulfide) groups is 1. The van der Waals surface area contributed by atoms with Gasteiger partial charge in [-0.15, -0.1) is 11.8 Å². The molecule has 4 nitrogen and oxygen atoms in total. The third-order valence-electron chi connectivity index (χ3n) is 6.18. The van der Waals surface area contributed by atoms with Crippen molar-refractivity contribution < 1.29 is 12.4 Å². The molecule has 2 aromatic rings. The van der Waals surface area contributed by atoms with Crippen LogP contribution in [-0.4, -0.2) is 22.2 Å². The molecule has 0 radical (unpaired) electrons. The molecule has 0 aliphatic heterocycles. The molecule has 144 valence electrons. The highest BCUT2D eigenvalue weighted by Gasteiger charge is 2.60. The average molecular weight is 378 g/mol. The number of hydrogen-bond acceptors (Lipinski definition) is 2. The van der Waals surface area contributed by atoms with E-state index in [9.17, 15) is 4.79 Å². The zero-order chi connectivity index (χ0) is 16.7. The van der Waals surface area contributed by atoms with E-state index in [1.807, 2.05) is 13.0 Å². The first-order valence-corrected chi connectivity index (χ1v) is 10.2. The second-order valence-corrected chi connectivity index (χ2v) is 8.32. The van der Waals surface area contributed by atoms with E-state index in [1.165, 1.54) is 42.6 Å².